The van der Waals surface area contributed by atoms with Gasteiger partial charge in [-0.2, -0.15) is 5.26 Å². The van der Waals surface area contributed by atoms with Crippen LogP contribution in [0.1, 0.15) is 28.4 Å². The van der Waals surface area contributed by atoms with Crippen LogP contribution in [-0.2, 0) is 16.0 Å². The third-order valence-electron chi connectivity index (χ3n) is 6.64. The number of benzene rings is 2. The van der Waals surface area contributed by atoms with Crippen LogP contribution >= 0.6 is 0 Å². The zero-order valence-electron chi connectivity index (χ0n) is 18.8. The number of carbonyl (C=O) groups is 1. The highest BCUT2D eigenvalue weighted by molar-refractivity contribution is 5.79. The van der Waals surface area contributed by atoms with Crippen molar-refractivity contribution in [2.45, 2.75) is 25.5 Å². The summed E-state index contributed by atoms with van der Waals surface area (Å²) in [4.78, 5) is 17.2. The molecule has 2 aliphatic heterocycles. The van der Waals surface area contributed by atoms with Crippen molar-refractivity contribution in [3.63, 3.8) is 0 Å². The van der Waals surface area contributed by atoms with Crippen LogP contribution in [0, 0.1) is 24.1 Å². The first kappa shape index (κ1) is 22.1. The van der Waals surface area contributed by atoms with E-state index >= 15 is 0 Å². The maximum Gasteiger partial charge on any atom is 0.227 e. The molecule has 2 aliphatic rings. The molecule has 0 spiro atoms. The molecule has 174 valence electrons. The lowest BCUT2D eigenvalue weighted by molar-refractivity contribution is -0.139. The number of hydrogen-bond donors (Lipinski definition) is 0. The van der Waals surface area contributed by atoms with Gasteiger partial charge in [0.25, 0.3) is 0 Å². The highest BCUT2D eigenvalue weighted by atomic mass is 19.1. The van der Waals surface area contributed by atoms with Gasteiger partial charge < -0.3 is 9.64 Å². The van der Waals surface area contributed by atoms with Gasteiger partial charge in [0.05, 0.1) is 36.4 Å². The van der Waals surface area contributed by atoms with Gasteiger partial charge in [-0.25, -0.2) is 9.07 Å². The van der Waals surface area contributed by atoms with Crippen LogP contribution < -0.4 is 0 Å². The van der Waals surface area contributed by atoms with Crippen LogP contribution in [-0.4, -0.2) is 74.7 Å². The molecule has 0 bridgehead atoms. The van der Waals surface area contributed by atoms with Gasteiger partial charge in [-0.05, 0) is 52.2 Å². The second-order valence-corrected chi connectivity index (χ2v) is 8.66. The molecule has 2 fully saturated rings. The van der Waals surface area contributed by atoms with E-state index in [1.54, 1.807) is 17.7 Å². The quantitative estimate of drug-likeness (QED) is 0.584. The summed E-state index contributed by atoms with van der Waals surface area (Å²) >= 11 is 0. The maximum absolute atomic E-state index is 13.9. The smallest absolute Gasteiger partial charge is 0.227 e. The van der Waals surface area contributed by atoms with Crippen LogP contribution in [0.2, 0.25) is 0 Å². The largest absolute Gasteiger partial charge is 0.370 e. The second kappa shape index (κ2) is 9.29. The predicted molar refractivity (Wildman–Crippen MR) is 119 cm³/mol. The SMILES string of the molecule is Cc1c([C@H]2CN3CCN(C(=O)Cc4cccc(-n5cnnn5)c4)C[C@@H]3CO2)ccc(F)c1C#N. The molecule has 3 aromatic rings. The van der Waals surface area contributed by atoms with Gasteiger partial charge >= 0.3 is 0 Å². The second-order valence-electron chi connectivity index (χ2n) is 8.66. The van der Waals surface area contributed by atoms with Gasteiger partial charge in [0.1, 0.15) is 18.2 Å². The maximum atomic E-state index is 13.9. The van der Waals surface area contributed by atoms with Gasteiger partial charge in [-0.15, -0.1) is 5.10 Å². The van der Waals surface area contributed by atoms with Gasteiger partial charge in [0.2, 0.25) is 5.91 Å². The number of nitrogens with zero attached hydrogens (tertiary/aromatic N) is 7. The summed E-state index contributed by atoms with van der Waals surface area (Å²) in [6.07, 6.45) is 1.60. The molecule has 2 saturated heterocycles. The average molecular weight is 462 g/mol. The number of amides is 1. The summed E-state index contributed by atoms with van der Waals surface area (Å²) in [5.41, 5.74) is 3.26. The Kier molecular flexibility index (Phi) is 6.04. The van der Waals surface area contributed by atoms with Crippen molar-refractivity contribution in [1.29, 1.82) is 5.26 Å². The van der Waals surface area contributed by atoms with Gasteiger partial charge in [-0.1, -0.05) is 18.2 Å². The van der Waals surface area contributed by atoms with Crippen molar-refractivity contribution in [2.24, 2.45) is 0 Å². The molecule has 10 heteroatoms. The number of piperazine rings is 1. The first-order valence-corrected chi connectivity index (χ1v) is 11.2. The molecule has 1 aromatic heterocycles. The zero-order chi connectivity index (χ0) is 23.7. The predicted octanol–water partition coefficient (Wildman–Crippen LogP) is 1.81. The number of aromatic nitrogens is 4. The highest BCUT2D eigenvalue weighted by Gasteiger charge is 2.36. The average Bonchev–Trinajstić information content (AvgIpc) is 3.39. The number of nitriles is 1. The third-order valence-corrected chi connectivity index (χ3v) is 6.64. The number of hydrogen-bond acceptors (Lipinski definition) is 7. The Morgan fingerprint density at radius 3 is 2.94 bits per heavy atom. The highest BCUT2D eigenvalue weighted by Crippen LogP contribution is 2.31. The van der Waals surface area contributed by atoms with E-state index in [2.05, 4.69) is 20.4 Å². The molecule has 9 nitrogen and oxygen atoms in total. The Morgan fingerprint density at radius 2 is 2.15 bits per heavy atom. The van der Waals surface area contributed by atoms with E-state index in [0.29, 0.717) is 38.2 Å². The van der Waals surface area contributed by atoms with Crippen LogP contribution in [0.4, 0.5) is 4.39 Å². The van der Waals surface area contributed by atoms with Crippen molar-refractivity contribution in [2.75, 3.05) is 32.8 Å². The van der Waals surface area contributed by atoms with Gasteiger partial charge in [0.15, 0.2) is 0 Å². The number of carbonyl (C=O) groups excluding carboxylic acids is 1. The van der Waals surface area contributed by atoms with E-state index in [1.165, 1.54) is 12.4 Å². The summed E-state index contributed by atoms with van der Waals surface area (Å²) in [6, 6.07) is 12.7. The Morgan fingerprint density at radius 1 is 1.26 bits per heavy atom. The Hall–Kier alpha value is -3.68. The molecule has 0 saturated carbocycles. The van der Waals surface area contributed by atoms with E-state index in [4.69, 9.17) is 4.74 Å². The van der Waals surface area contributed by atoms with Crippen LogP contribution in [0.15, 0.2) is 42.7 Å². The summed E-state index contributed by atoms with van der Waals surface area (Å²) in [5, 5.41) is 20.5. The molecule has 34 heavy (non-hydrogen) atoms. The number of fused-ring (bicyclic) bond motifs is 1. The van der Waals surface area contributed by atoms with Crippen molar-refractivity contribution < 1.29 is 13.9 Å². The molecular weight excluding hydrogens is 437 g/mol. The standard InChI is InChI=1S/C24H24FN7O2/c1-16-20(5-6-22(25)21(16)11-26)23-13-30-7-8-31(12-19(30)14-34-23)24(33)10-17-3-2-4-18(9-17)32-15-27-28-29-32/h2-6,9,15,19,23H,7-8,10,12-14H2,1H3/t19-,23-/m1/s1. The zero-order valence-corrected chi connectivity index (χ0v) is 18.8. The molecule has 0 radical (unpaired) electrons. The summed E-state index contributed by atoms with van der Waals surface area (Å²) in [7, 11) is 0. The van der Waals surface area contributed by atoms with Crippen LogP contribution in [0.5, 0.6) is 0 Å². The van der Waals surface area contributed by atoms with Crippen molar-refractivity contribution in [3.8, 4) is 11.8 Å². The van der Waals surface area contributed by atoms with E-state index in [9.17, 15) is 14.4 Å². The molecule has 3 heterocycles. The lowest BCUT2D eigenvalue weighted by Crippen LogP contribution is -2.59. The van der Waals surface area contributed by atoms with Crippen LogP contribution in [0.3, 0.4) is 0 Å². The summed E-state index contributed by atoms with van der Waals surface area (Å²) < 4.78 is 21.6. The normalized spacial score (nSPS) is 20.6. The van der Waals surface area contributed by atoms with E-state index in [0.717, 1.165) is 23.4 Å². The molecule has 2 aromatic carbocycles. The minimum atomic E-state index is -0.506. The Balaban J connectivity index is 1.22. The van der Waals surface area contributed by atoms with Crippen molar-refractivity contribution in [1.82, 2.24) is 30.0 Å². The number of ether oxygens (including phenoxy) is 1. The van der Waals surface area contributed by atoms with Crippen molar-refractivity contribution in [3.05, 3.63) is 70.8 Å². The van der Waals surface area contributed by atoms with E-state index < -0.39 is 5.82 Å². The Bertz CT molecular complexity index is 1240. The molecular formula is C24H24FN7O2. The minimum Gasteiger partial charge on any atom is -0.370 e. The number of rotatable bonds is 4. The molecule has 0 N–H and O–H groups in total. The van der Waals surface area contributed by atoms with Crippen molar-refractivity contribution >= 4 is 5.91 Å². The monoisotopic (exact) mass is 461 g/mol. The molecule has 2 atom stereocenters. The van der Waals surface area contributed by atoms with Gasteiger partial charge in [-0.3, -0.25) is 9.69 Å². The fourth-order valence-electron chi connectivity index (χ4n) is 4.75. The number of tetrazole rings is 1. The lowest BCUT2D eigenvalue weighted by Gasteiger charge is -2.46. The lowest BCUT2D eigenvalue weighted by atomic mass is 9.96. The minimum absolute atomic E-state index is 0.0720. The summed E-state index contributed by atoms with van der Waals surface area (Å²) in [6.45, 7) is 4.87. The molecule has 1 amide bonds. The first-order valence-electron chi connectivity index (χ1n) is 11.2. The topological polar surface area (TPSA) is 100 Å². The van der Waals surface area contributed by atoms with Gasteiger partial charge in [0, 0.05) is 26.2 Å². The van der Waals surface area contributed by atoms with E-state index in [1.807, 2.05) is 35.2 Å². The van der Waals surface area contributed by atoms with E-state index in [-0.39, 0.29) is 23.6 Å². The van der Waals surface area contributed by atoms with Crippen LogP contribution in [0.25, 0.3) is 5.69 Å². The first-order chi connectivity index (χ1) is 16.5. The fourth-order valence-corrected chi connectivity index (χ4v) is 4.75. The summed E-state index contributed by atoms with van der Waals surface area (Å²) in [5.74, 6) is -0.434. The third kappa shape index (κ3) is 4.27. The Labute approximate surface area is 196 Å². The molecule has 0 aliphatic carbocycles. The number of morpholine rings is 1. The fraction of sp³-hybridized carbons (Fsp3) is 0.375. The molecule has 0 unspecified atom stereocenters. The number of halogens is 1. The molecule has 5 rings (SSSR count).